The molecular formula is C20H20FN3O2S. The number of anilines is 1. The van der Waals surface area contributed by atoms with E-state index in [0.29, 0.717) is 17.9 Å². The monoisotopic (exact) mass is 385 g/mol. The Kier molecular flexibility index (Phi) is 4.78. The average Bonchev–Trinajstić information content (AvgIpc) is 3.02. The number of halogens is 1. The number of aromatic nitrogens is 2. The number of amides is 1. The van der Waals surface area contributed by atoms with Gasteiger partial charge in [-0.1, -0.05) is 6.07 Å². The van der Waals surface area contributed by atoms with Gasteiger partial charge in [-0.2, -0.15) is 0 Å². The number of aryl methyl sites for hydroxylation is 4. The molecule has 0 aliphatic heterocycles. The fourth-order valence-electron chi connectivity index (χ4n) is 3.50. The van der Waals surface area contributed by atoms with Gasteiger partial charge in [0.25, 0.3) is 5.56 Å². The van der Waals surface area contributed by atoms with Crippen molar-refractivity contribution < 1.29 is 9.18 Å². The van der Waals surface area contributed by atoms with Crippen molar-refractivity contribution in [3.05, 3.63) is 56.2 Å². The van der Waals surface area contributed by atoms with Gasteiger partial charge in [0.1, 0.15) is 16.5 Å². The fraction of sp³-hybridized carbons (Fsp3) is 0.350. The Bertz CT molecular complexity index is 1090. The number of carbonyl (C=O) groups excluding carboxylic acids is 1. The molecule has 0 atom stereocenters. The van der Waals surface area contributed by atoms with Crippen LogP contribution in [0.1, 0.15) is 41.1 Å². The Morgan fingerprint density at radius 1 is 1.33 bits per heavy atom. The van der Waals surface area contributed by atoms with Crippen LogP contribution in [-0.2, 0) is 24.1 Å². The number of carbonyl (C=O) groups is 1. The third-order valence-corrected chi connectivity index (χ3v) is 6.12. The van der Waals surface area contributed by atoms with Crippen LogP contribution in [0.5, 0.6) is 0 Å². The summed E-state index contributed by atoms with van der Waals surface area (Å²) in [5.74, 6) is -0.122. The van der Waals surface area contributed by atoms with Gasteiger partial charge in [0, 0.05) is 23.4 Å². The lowest BCUT2D eigenvalue weighted by Gasteiger charge is -2.09. The smallest absolute Gasteiger partial charge is 0.259 e. The molecule has 0 saturated heterocycles. The van der Waals surface area contributed by atoms with E-state index in [1.54, 1.807) is 24.3 Å². The number of aromatic amines is 1. The molecule has 0 fully saturated rings. The highest BCUT2D eigenvalue weighted by Gasteiger charge is 2.20. The summed E-state index contributed by atoms with van der Waals surface area (Å²) in [5.41, 5.74) is 2.29. The van der Waals surface area contributed by atoms with Gasteiger partial charge in [0.05, 0.1) is 5.39 Å². The topological polar surface area (TPSA) is 74.8 Å². The SMILES string of the molecule is Cc1ccc(F)cc1NC(=O)CCc1nc2sc3c(c2c(=O)[nH]1)CCCC3. The van der Waals surface area contributed by atoms with Crippen molar-refractivity contribution in [1.29, 1.82) is 0 Å². The summed E-state index contributed by atoms with van der Waals surface area (Å²) in [6, 6.07) is 4.28. The summed E-state index contributed by atoms with van der Waals surface area (Å²) in [6.45, 7) is 1.81. The number of rotatable bonds is 4. The van der Waals surface area contributed by atoms with Crippen LogP contribution in [0.4, 0.5) is 10.1 Å². The minimum atomic E-state index is -0.394. The van der Waals surface area contributed by atoms with Crippen LogP contribution >= 0.6 is 11.3 Å². The van der Waals surface area contributed by atoms with Gasteiger partial charge >= 0.3 is 0 Å². The van der Waals surface area contributed by atoms with Crippen LogP contribution in [0.15, 0.2) is 23.0 Å². The first-order chi connectivity index (χ1) is 13.0. The number of H-pyrrole nitrogens is 1. The molecule has 1 aliphatic carbocycles. The van der Waals surface area contributed by atoms with Gasteiger partial charge in [-0.25, -0.2) is 9.37 Å². The number of nitrogens with zero attached hydrogens (tertiary/aromatic N) is 1. The molecule has 5 nitrogen and oxygen atoms in total. The Hall–Kier alpha value is -2.54. The molecule has 4 rings (SSSR count). The molecule has 1 aliphatic rings. The van der Waals surface area contributed by atoms with Crippen LogP contribution in [0.3, 0.4) is 0 Å². The maximum Gasteiger partial charge on any atom is 0.259 e. The van der Waals surface area contributed by atoms with E-state index in [9.17, 15) is 14.0 Å². The van der Waals surface area contributed by atoms with Gasteiger partial charge < -0.3 is 10.3 Å². The fourth-order valence-corrected chi connectivity index (χ4v) is 4.78. The summed E-state index contributed by atoms with van der Waals surface area (Å²) in [7, 11) is 0. The van der Waals surface area contributed by atoms with Crippen molar-refractivity contribution in [3.63, 3.8) is 0 Å². The molecule has 0 bridgehead atoms. The average molecular weight is 385 g/mol. The predicted octanol–water partition coefficient (Wildman–Crippen LogP) is 3.88. The molecule has 0 unspecified atom stereocenters. The quantitative estimate of drug-likeness (QED) is 0.716. The van der Waals surface area contributed by atoms with Crippen molar-refractivity contribution in [2.45, 2.75) is 45.4 Å². The molecule has 1 aromatic carbocycles. The van der Waals surface area contributed by atoms with Crippen LogP contribution in [0.25, 0.3) is 10.2 Å². The van der Waals surface area contributed by atoms with Crippen LogP contribution in [0, 0.1) is 12.7 Å². The standard InChI is InChI=1S/C20H20FN3O2S/c1-11-6-7-12(21)10-14(11)22-17(25)9-8-16-23-19(26)18-13-4-2-3-5-15(13)27-20(18)24-16/h6-7,10H,2-5,8-9H2,1H3,(H,22,25)(H,23,24,26). The third-order valence-electron chi connectivity index (χ3n) is 4.94. The van der Waals surface area contributed by atoms with Crippen molar-refractivity contribution in [1.82, 2.24) is 9.97 Å². The number of benzene rings is 1. The molecule has 2 aromatic heterocycles. The van der Waals surface area contributed by atoms with Crippen LogP contribution < -0.4 is 10.9 Å². The van der Waals surface area contributed by atoms with E-state index in [1.807, 2.05) is 0 Å². The molecule has 27 heavy (non-hydrogen) atoms. The zero-order valence-electron chi connectivity index (χ0n) is 15.0. The summed E-state index contributed by atoms with van der Waals surface area (Å²) >= 11 is 1.60. The molecule has 7 heteroatoms. The van der Waals surface area contributed by atoms with Crippen molar-refractivity contribution >= 4 is 33.1 Å². The number of hydrogen-bond donors (Lipinski definition) is 2. The second kappa shape index (κ2) is 7.23. The minimum absolute atomic E-state index is 0.115. The highest BCUT2D eigenvalue weighted by Crippen LogP contribution is 2.33. The summed E-state index contributed by atoms with van der Waals surface area (Å²) in [5, 5.41) is 3.44. The molecule has 2 N–H and O–H groups in total. The molecule has 3 aromatic rings. The largest absolute Gasteiger partial charge is 0.326 e. The second-order valence-electron chi connectivity index (χ2n) is 6.91. The summed E-state index contributed by atoms with van der Waals surface area (Å²) in [4.78, 5) is 34.2. The van der Waals surface area contributed by atoms with E-state index in [2.05, 4.69) is 15.3 Å². The van der Waals surface area contributed by atoms with E-state index in [1.165, 1.54) is 17.0 Å². The molecule has 2 heterocycles. The van der Waals surface area contributed by atoms with Gasteiger partial charge in [-0.3, -0.25) is 9.59 Å². The predicted molar refractivity (Wildman–Crippen MR) is 105 cm³/mol. The Morgan fingerprint density at radius 2 is 2.15 bits per heavy atom. The minimum Gasteiger partial charge on any atom is -0.326 e. The van der Waals surface area contributed by atoms with E-state index in [0.717, 1.165) is 47.0 Å². The van der Waals surface area contributed by atoms with E-state index >= 15 is 0 Å². The highest BCUT2D eigenvalue weighted by molar-refractivity contribution is 7.18. The second-order valence-corrected chi connectivity index (χ2v) is 7.99. The Labute approximate surface area is 159 Å². The maximum absolute atomic E-state index is 13.3. The first kappa shape index (κ1) is 17.9. The molecule has 140 valence electrons. The molecular weight excluding hydrogens is 365 g/mol. The van der Waals surface area contributed by atoms with E-state index < -0.39 is 5.82 Å². The lowest BCUT2D eigenvalue weighted by atomic mass is 9.97. The van der Waals surface area contributed by atoms with E-state index in [-0.39, 0.29) is 17.9 Å². The summed E-state index contributed by atoms with van der Waals surface area (Å²) in [6.07, 6.45) is 4.71. The first-order valence-corrected chi connectivity index (χ1v) is 9.92. The first-order valence-electron chi connectivity index (χ1n) is 9.10. The van der Waals surface area contributed by atoms with Gasteiger partial charge in [-0.15, -0.1) is 11.3 Å². The maximum atomic E-state index is 13.3. The Morgan fingerprint density at radius 3 is 3.00 bits per heavy atom. The summed E-state index contributed by atoms with van der Waals surface area (Å²) < 4.78 is 13.3. The zero-order chi connectivity index (χ0) is 19.0. The Balaban J connectivity index is 1.49. The lowest BCUT2D eigenvalue weighted by molar-refractivity contribution is -0.116. The van der Waals surface area contributed by atoms with Crippen molar-refractivity contribution in [2.24, 2.45) is 0 Å². The molecule has 1 amide bonds. The van der Waals surface area contributed by atoms with Crippen molar-refractivity contribution in [3.8, 4) is 0 Å². The van der Waals surface area contributed by atoms with E-state index in [4.69, 9.17) is 0 Å². The zero-order valence-corrected chi connectivity index (χ0v) is 15.8. The van der Waals surface area contributed by atoms with Crippen LogP contribution in [0.2, 0.25) is 0 Å². The van der Waals surface area contributed by atoms with Gasteiger partial charge in [0.15, 0.2) is 0 Å². The normalized spacial score (nSPS) is 13.6. The molecule has 0 radical (unpaired) electrons. The van der Waals surface area contributed by atoms with Crippen LogP contribution in [-0.4, -0.2) is 15.9 Å². The number of nitrogens with one attached hydrogen (secondary N) is 2. The highest BCUT2D eigenvalue weighted by atomic mass is 32.1. The number of thiophene rings is 1. The van der Waals surface area contributed by atoms with Gasteiger partial charge in [-0.05, 0) is 55.9 Å². The number of hydrogen-bond acceptors (Lipinski definition) is 4. The number of fused-ring (bicyclic) bond motifs is 3. The van der Waals surface area contributed by atoms with Gasteiger partial charge in [0.2, 0.25) is 5.91 Å². The lowest BCUT2D eigenvalue weighted by Crippen LogP contribution is -2.17. The molecule has 0 spiro atoms. The van der Waals surface area contributed by atoms with Crippen molar-refractivity contribution in [2.75, 3.05) is 5.32 Å². The molecule has 0 saturated carbocycles. The third kappa shape index (κ3) is 3.64.